The molecule has 0 bridgehead atoms. The topological polar surface area (TPSA) is 62.2 Å². The normalized spacial score (nSPS) is 14.7. The van der Waals surface area contributed by atoms with E-state index in [4.69, 9.17) is 11.6 Å². The van der Waals surface area contributed by atoms with Crippen molar-refractivity contribution in [3.05, 3.63) is 41.2 Å². The molecule has 1 amide bonds. The standard InChI is InChI=1S/C18H18ClN5OS2/c1-26-18-22-16-15(27-18)17(21-11-20-16)24-7-5-23(6-8-24)14(25)10-12-3-2-4-13(19)9-12/h2-4,9,11H,5-8,10H2,1H3. The Morgan fingerprint density at radius 3 is 2.81 bits per heavy atom. The second kappa shape index (κ2) is 8.00. The fourth-order valence-electron chi connectivity index (χ4n) is 3.14. The molecule has 0 spiro atoms. The highest BCUT2D eigenvalue weighted by molar-refractivity contribution is 8.00. The molecule has 9 heteroatoms. The highest BCUT2D eigenvalue weighted by Crippen LogP contribution is 2.33. The Morgan fingerprint density at radius 2 is 2.07 bits per heavy atom. The van der Waals surface area contributed by atoms with E-state index in [2.05, 4.69) is 19.9 Å². The van der Waals surface area contributed by atoms with Gasteiger partial charge in [0.15, 0.2) is 15.8 Å². The Labute approximate surface area is 170 Å². The van der Waals surface area contributed by atoms with E-state index in [0.29, 0.717) is 24.5 Å². The summed E-state index contributed by atoms with van der Waals surface area (Å²) < 4.78 is 2.00. The average Bonchev–Trinajstić information content (AvgIpc) is 3.11. The van der Waals surface area contributed by atoms with Crippen LogP contribution in [0.25, 0.3) is 10.3 Å². The van der Waals surface area contributed by atoms with E-state index in [0.717, 1.165) is 39.2 Å². The van der Waals surface area contributed by atoms with E-state index >= 15 is 0 Å². The van der Waals surface area contributed by atoms with Gasteiger partial charge in [-0.05, 0) is 24.0 Å². The van der Waals surface area contributed by atoms with Crippen LogP contribution in [-0.2, 0) is 11.2 Å². The van der Waals surface area contributed by atoms with Crippen LogP contribution in [0.2, 0.25) is 5.02 Å². The van der Waals surface area contributed by atoms with Gasteiger partial charge in [-0.25, -0.2) is 15.0 Å². The molecular weight excluding hydrogens is 402 g/mol. The maximum absolute atomic E-state index is 12.6. The number of anilines is 1. The number of benzene rings is 1. The summed E-state index contributed by atoms with van der Waals surface area (Å²) in [6.07, 6.45) is 3.96. The van der Waals surface area contributed by atoms with Crippen molar-refractivity contribution in [3.63, 3.8) is 0 Å². The van der Waals surface area contributed by atoms with Gasteiger partial charge in [-0.3, -0.25) is 4.79 Å². The number of nitrogens with zero attached hydrogens (tertiary/aromatic N) is 5. The lowest BCUT2D eigenvalue weighted by Gasteiger charge is -2.35. The van der Waals surface area contributed by atoms with Crippen molar-refractivity contribution in [2.45, 2.75) is 10.8 Å². The minimum absolute atomic E-state index is 0.132. The minimum atomic E-state index is 0.132. The maximum atomic E-state index is 12.6. The molecule has 3 aromatic rings. The summed E-state index contributed by atoms with van der Waals surface area (Å²) in [5.41, 5.74) is 1.69. The van der Waals surface area contributed by atoms with E-state index in [1.165, 1.54) is 0 Å². The molecule has 1 aromatic carbocycles. The molecule has 0 radical (unpaired) electrons. The molecule has 4 rings (SSSR count). The number of thiazole rings is 1. The molecule has 6 nitrogen and oxygen atoms in total. The summed E-state index contributed by atoms with van der Waals surface area (Å²) in [6, 6.07) is 7.48. The number of carbonyl (C=O) groups is 1. The molecule has 140 valence electrons. The summed E-state index contributed by atoms with van der Waals surface area (Å²) in [5.74, 6) is 1.05. The number of halogens is 1. The zero-order valence-electron chi connectivity index (χ0n) is 14.8. The van der Waals surface area contributed by atoms with Crippen LogP contribution < -0.4 is 4.90 Å². The largest absolute Gasteiger partial charge is 0.352 e. The van der Waals surface area contributed by atoms with Crippen LogP contribution in [0.15, 0.2) is 34.9 Å². The van der Waals surface area contributed by atoms with E-state index in [-0.39, 0.29) is 5.91 Å². The summed E-state index contributed by atoms with van der Waals surface area (Å²) >= 11 is 9.25. The van der Waals surface area contributed by atoms with Crippen LogP contribution in [0.4, 0.5) is 5.82 Å². The number of thioether (sulfide) groups is 1. The Morgan fingerprint density at radius 1 is 1.26 bits per heavy atom. The second-order valence-electron chi connectivity index (χ2n) is 6.21. The van der Waals surface area contributed by atoms with E-state index < -0.39 is 0 Å². The van der Waals surface area contributed by atoms with Crippen molar-refractivity contribution in [1.29, 1.82) is 0 Å². The van der Waals surface area contributed by atoms with Crippen molar-refractivity contribution >= 4 is 56.8 Å². The van der Waals surface area contributed by atoms with Crippen LogP contribution >= 0.6 is 34.7 Å². The summed E-state index contributed by atoms with van der Waals surface area (Å²) in [4.78, 5) is 30.0. The SMILES string of the molecule is CSc1nc2ncnc(N3CCN(C(=O)Cc4cccc(Cl)c4)CC3)c2s1. The second-order valence-corrected chi connectivity index (χ2v) is 8.70. The first-order valence-corrected chi connectivity index (χ1v) is 11.0. The molecule has 0 N–H and O–H groups in total. The third kappa shape index (κ3) is 4.02. The van der Waals surface area contributed by atoms with E-state index in [1.54, 1.807) is 29.4 Å². The van der Waals surface area contributed by atoms with Gasteiger partial charge in [0.1, 0.15) is 11.0 Å². The van der Waals surface area contributed by atoms with Crippen molar-refractivity contribution in [1.82, 2.24) is 19.9 Å². The highest BCUT2D eigenvalue weighted by atomic mass is 35.5. The molecular formula is C18H18ClN5OS2. The molecule has 1 aliphatic heterocycles. The lowest BCUT2D eigenvalue weighted by atomic mass is 10.1. The van der Waals surface area contributed by atoms with Gasteiger partial charge in [0.2, 0.25) is 5.91 Å². The van der Waals surface area contributed by atoms with Gasteiger partial charge in [0, 0.05) is 31.2 Å². The number of aromatic nitrogens is 3. The molecule has 0 saturated carbocycles. The molecule has 1 aliphatic rings. The first kappa shape index (κ1) is 18.5. The zero-order valence-corrected chi connectivity index (χ0v) is 17.1. The van der Waals surface area contributed by atoms with Gasteiger partial charge in [-0.15, -0.1) is 11.3 Å². The molecule has 0 unspecified atom stereocenters. The Balaban J connectivity index is 1.43. The lowest BCUT2D eigenvalue weighted by molar-refractivity contribution is -0.130. The smallest absolute Gasteiger partial charge is 0.227 e. The Kier molecular flexibility index (Phi) is 5.47. The van der Waals surface area contributed by atoms with Crippen LogP contribution in [0, 0.1) is 0 Å². The number of hydrogen-bond acceptors (Lipinski definition) is 7. The summed E-state index contributed by atoms with van der Waals surface area (Å²) in [7, 11) is 0. The van der Waals surface area contributed by atoms with Crippen molar-refractivity contribution in [2.75, 3.05) is 37.3 Å². The number of piperazine rings is 1. The molecule has 1 saturated heterocycles. The van der Waals surface area contributed by atoms with Gasteiger partial charge < -0.3 is 9.80 Å². The van der Waals surface area contributed by atoms with Gasteiger partial charge in [0.05, 0.1) is 6.42 Å². The third-order valence-corrected chi connectivity index (χ3v) is 6.76. The van der Waals surface area contributed by atoms with Crippen LogP contribution in [0.5, 0.6) is 0 Å². The quantitative estimate of drug-likeness (QED) is 0.604. The Hall–Kier alpha value is -1.90. The number of amides is 1. The van der Waals surface area contributed by atoms with Crippen molar-refractivity contribution in [3.8, 4) is 0 Å². The van der Waals surface area contributed by atoms with Gasteiger partial charge >= 0.3 is 0 Å². The van der Waals surface area contributed by atoms with Gasteiger partial charge in [-0.1, -0.05) is 35.5 Å². The first-order chi connectivity index (χ1) is 13.1. The zero-order chi connectivity index (χ0) is 18.8. The number of rotatable bonds is 4. The lowest BCUT2D eigenvalue weighted by Crippen LogP contribution is -2.49. The number of fused-ring (bicyclic) bond motifs is 1. The molecule has 0 aliphatic carbocycles. The Bertz CT molecular complexity index is 971. The molecule has 1 fully saturated rings. The van der Waals surface area contributed by atoms with Crippen LogP contribution in [-0.4, -0.2) is 58.2 Å². The fourth-order valence-corrected chi connectivity index (χ4v) is 4.88. The summed E-state index contributed by atoms with van der Waals surface area (Å²) in [5, 5.41) is 0.659. The van der Waals surface area contributed by atoms with Gasteiger partial charge in [-0.2, -0.15) is 0 Å². The van der Waals surface area contributed by atoms with Gasteiger partial charge in [0.25, 0.3) is 0 Å². The van der Waals surface area contributed by atoms with E-state index in [1.807, 2.05) is 35.4 Å². The fraction of sp³-hybridized carbons (Fsp3) is 0.333. The maximum Gasteiger partial charge on any atom is 0.227 e. The highest BCUT2D eigenvalue weighted by Gasteiger charge is 2.24. The molecule has 3 heterocycles. The first-order valence-electron chi connectivity index (χ1n) is 8.57. The molecule has 2 aromatic heterocycles. The van der Waals surface area contributed by atoms with Crippen LogP contribution in [0.1, 0.15) is 5.56 Å². The average molecular weight is 420 g/mol. The van der Waals surface area contributed by atoms with Crippen LogP contribution in [0.3, 0.4) is 0 Å². The number of carbonyl (C=O) groups excluding carboxylic acids is 1. The predicted octanol–water partition coefficient (Wildman–Crippen LogP) is 3.35. The minimum Gasteiger partial charge on any atom is -0.352 e. The van der Waals surface area contributed by atoms with Crippen molar-refractivity contribution in [2.24, 2.45) is 0 Å². The molecule has 0 atom stereocenters. The monoisotopic (exact) mass is 419 g/mol. The molecule has 27 heavy (non-hydrogen) atoms. The summed E-state index contributed by atoms with van der Waals surface area (Å²) in [6.45, 7) is 2.86. The third-order valence-electron chi connectivity index (χ3n) is 4.50. The van der Waals surface area contributed by atoms with E-state index in [9.17, 15) is 4.79 Å². The van der Waals surface area contributed by atoms with Crippen molar-refractivity contribution < 1.29 is 4.79 Å². The number of hydrogen-bond donors (Lipinski definition) is 0. The predicted molar refractivity (Wildman–Crippen MR) is 111 cm³/mol.